The van der Waals surface area contributed by atoms with E-state index >= 15 is 0 Å². The normalized spacial score (nSPS) is 33.0. The number of rotatable bonds is 0. The number of quaternary nitrogens is 1. The van der Waals surface area contributed by atoms with Gasteiger partial charge in [0.05, 0.1) is 13.1 Å². The zero-order chi connectivity index (χ0) is 6.32. The van der Waals surface area contributed by atoms with Crippen LogP contribution in [-0.4, -0.2) is 37.1 Å². The van der Waals surface area contributed by atoms with E-state index in [2.05, 4.69) is 17.3 Å². The molecule has 0 unspecified atom stereocenters. The highest BCUT2D eigenvalue weighted by molar-refractivity contribution is 4.96. The molecule has 2 aliphatic rings. The predicted octanol–water partition coefficient (Wildman–Crippen LogP) is -0.972. The van der Waals surface area contributed by atoms with Crippen molar-refractivity contribution in [3.63, 3.8) is 0 Å². The van der Waals surface area contributed by atoms with Crippen LogP contribution >= 0.6 is 0 Å². The SMILES string of the molecule is CN1CCCC12C[NH2+]C2. The minimum absolute atomic E-state index is 0.653. The van der Waals surface area contributed by atoms with Gasteiger partial charge in [-0.2, -0.15) is 0 Å². The smallest absolute Gasteiger partial charge is 0.119 e. The van der Waals surface area contributed by atoms with Gasteiger partial charge in [0.25, 0.3) is 0 Å². The van der Waals surface area contributed by atoms with E-state index in [9.17, 15) is 0 Å². The summed E-state index contributed by atoms with van der Waals surface area (Å²) >= 11 is 0. The number of likely N-dealkylation sites (tertiary alicyclic amines) is 1. The van der Waals surface area contributed by atoms with Crippen LogP contribution in [0.5, 0.6) is 0 Å². The molecule has 2 heterocycles. The first kappa shape index (κ1) is 5.69. The molecule has 9 heavy (non-hydrogen) atoms. The Morgan fingerprint density at radius 3 is 2.44 bits per heavy atom. The van der Waals surface area contributed by atoms with Crippen LogP contribution in [0, 0.1) is 0 Å². The van der Waals surface area contributed by atoms with Gasteiger partial charge in [0, 0.05) is 0 Å². The molecular weight excluding hydrogens is 112 g/mol. The zero-order valence-corrected chi connectivity index (χ0v) is 6.06. The molecular formula is C7H15N2+. The molecule has 0 aromatic heterocycles. The lowest BCUT2D eigenvalue weighted by Gasteiger charge is -2.40. The molecule has 0 aromatic rings. The lowest BCUT2D eigenvalue weighted by atomic mass is 9.90. The number of nitrogens with two attached hydrogens (primary N) is 1. The first-order valence-corrected chi connectivity index (χ1v) is 3.86. The van der Waals surface area contributed by atoms with Crippen LogP contribution in [0.2, 0.25) is 0 Å². The molecule has 0 radical (unpaired) electrons. The fraction of sp³-hybridized carbons (Fsp3) is 1.00. The van der Waals surface area contributed by atoms with Crippen molar-refractivity contribution in [3.8, 4) is 0 Å². The van der Waals surface area contributed by atoms with E-state index in [1.54, 1.807) is 0 Å². The van der Waals surface area contributed by atoms with E-state index in [4.69, 9.17) is 0 Å². The van der Waals surface area contributed by atoms with Crippen LogP contribution in [0.3, 0.4) is 0 Å². The Hall–Kier alpha value is -0.0800. The molecule has 2 saturated heterocycles. The minimum Gasteiger partial charge on any atom is -0.343 e. The van der Waals surface area contributed by atoms with Crippen LogP contribution in [0.1, 0.15) is 12.8 Å². The lowest BCUT2D eigenvalue weighted by Crippen LogP contribution is -3.04. The molecule has 2 aliphatic heterocycles. The second-order valence-corrected chi connectivity index (χ2v) is 3.45. The molecule has 2 nitrogen and oxygen atoms in total. The molecule has 2 fully saturated rings. The lowest BCUT2D eigenvalue weighted by molar-refractivity contribution is -0.732. The second kappa shape index (κ2) is 1.70. The van der Waals surface area contributed by atoms with Crippen molar-refractivity contribution in [2.45, 2.75) is 18.4 Å². The summed E-state index contributed by atoms with van der Waals surface area (Å²) in [7, 11) is 2.26. The molecule has 2 rings (SSSR count). The third kappa shape index (κ3) is 0.634. The summed E-state index contributed by atoms with van der Waals surface area (Å²) in [6.07, 6.45) is 2.87. The fourth-order valence-corrected chi connectivity index (χ4v) is 2.07. The van der Waals surface area contributed by atoms with Crippen LogP contribution in [0.4, 0.5) is 0 Å². The van der Waals surface area contributed by atoms with Crippen molar-refractivity contribution in [1.82, 2.24) is 4.90 Å². The summed E-state index contributed by atoms with van der Waals surface area (Å²) in [5.74, 6) is 0. The number of hydrogen-bond acceptors (Lipinski definition) is 1. The molecule has 2 N–H and O–H groups in total. The van der Waals surface area contributed by atoms with Gasteiger partial charge >= 0.3 is 0 Å². The maximum absolute atomic E-state index is 2.53. The largest absolute Gasteiger partial charge is 0.343 e. The van der Waals surface area contributed by atoms with E-state index in [1.807, 2.05) is 0 Å². The quantitative estimate of drug-likeness (QED) is 0.444. The van der Waals surface area contributed by atoms with Crippen molar-refractivity contribution in [2.75, 3.05) is 26.7 Å². The first-order chi connectivity index (χ1) is 4.33. The van der Waals surface area contributed by atoms with Gasteiger partial charge < -0.3 is 5.32 Å². The van der Waals surface area contributed by atoms with Gasteiger partial charge in [0.2, 0.25) is 0 Å². The molecule has 0 atom stereocenters. The Kier molecular flexibility index (Phi) is 1.08. The molecule has 0 bridgehead atoms. The summed E-state index contributed by atoms with van der Waals surface area (Å²) < 4.78 is 0. The fourth-order valence-electron chi connectivity index (χ4n) is 2.07. The van der Waals surface area contributed by atoms with Crippen LogP contribution in [0.15, 0.2) is 0 Å². The minimum atomic E-state index is 0.653. The first-order valence-electron chi connectivity index (χ1n) is 3.86. The summed E-state index contributed by atoms with van der Waals surface area (Å²) in [5, 5.41) is 2.40. The van der Waals surface area contributed by atoms with E-state index in [-0.39, 0.29) is 0 Å². The van der Waals surface area contributed by atoms with Crippen LogP contribution < -0.4 is 5.32 Å². The highest BCUT2D eigenvalue weighted by Gasteiger charge is 2.47. The highest BCUT2D eigenvalue weighted by atomic mass is 15.3. The monoisotopic (exact) mass is 127 g/mol. The van der Waals surface area contributed by atoms with Gasteiger partial charge in [0.1, 0.15) is 5.54 Å². The van der Waals surface area contributed by atoms with Gasteiger partial charge in [-0.05, 0) is 26.4 Å². The second-order valence-electron chi connectivity index (χ2n) is 3.45. The van der Waals surface area contributed by atoms with Crippen molar-refractivity contribution >= 4 is 0 Å². The van der Waals surface area contributed by atoms with Crippen molar-refractivity contribution in [3.05, 3.63) is 0 Å². The maximum Gasteiger partial charge on any atom is 0.119 e. The average molecular weight is 127 g/mol. The molecule has 0 amide bonds. The van der Waals surface area contributed by atoms with Gasteiger partial charge in [-0.25, -0.2) is 0 Å². The number of nitrogens with zero attached hydrogens (tertiary/aromatic N) is 1. The topological polar surface area (TPSA) is 19.9 Å². The summed E-state index contributed by atoms with van der Waals surface area (Å²) in [6.45, 7) is 4.03. The maximum atomic E-state index is 2.53. The molecule has 0 aliphatic carbocycles. The third-order valence-corrected chi connectivity index (χ3v) is 2.99. The van der Waals surface area contributed by atoms with Crippen molar-refractivity contribution in [1.29, 1.82) is 0 Å². The number of likely N-dealkylation sites (N-methyl/N-ethyl adjacent to an activating group) is 1. The molecule has 52 valence electrons. The Balaban J connectivity index is 2.09. The Labute approximate surface area is 56.2 Å². The van der Waals surface area contributed by atoms with E-state index in [0.717, 1.165) is 0 Å². The molecule has 2 heteroatoms. The summed E-state index contributed by atoms with van der Waals surface area (Å²) in [6, 6.07) is 0. The van der Waals surface area contributed by atoms with E-state index in [0.29, 0.717) is 5.54 Å². The Morgan fingerprint density at radius 2 is 2.22 bits per heavy atom. The van der Waals surface area contributed by atoms with Crippen LogP contribution in [0.25, 0.3) is 0 Å². The van der Waals surface area contributed by atoms with E-state index < -0.39 is 0 Å². The Morgan fingerprint density at radius 1 is 1.44 bits per heavy atom. The van der Waals surface area contributed by atoms with Gasteiger partial charge in [-0.15, -0.1) is 0 Å². The van der Waals surface area contributed by atoms with Gasteiger partial charge in [0.15, 0.2) is 0 Å². The van der Waals surface area contributed by atoms with Gasteiger partial charge in [-0.3, -0.25) is 4.90 Å². The van der Waals surface area contributed by atoms with Crippen LogP contribution in [-0.2, 0) is 0 Å². The molecule has 0 aromatic carbocycles. The Bertz CT molecular complexity index is 118. The standard InChI is InChI=1S/C7H14N2/c1-9-4-2-3-7(9)5-8-6-7/h8H,2-6H2,1H3/p+1. The van der Waals surface area contributed by atoms with E-state index in [1.165, 1.54) is 32.5 Å². The molecule has 0 saturated carbocycles. The summed E-state index contributed by atoms with van der Waals surface area (Å²) in [5.41, 5.74) is 0.653. The molecule has 1 spiro atoms. The van der Waals surface area contributed by atoms with Crippen molar-refractivity contribution < 1.29 is 5.32 Å². The zero-order valence-electron chi connectivity index (χ0n) is 6.06. The average Bonchev–Trinajstić information content (AvgIpc) is 2.07. The number of hydrogen-bond donors (Lipinski definition) is 1. The summed E-state index contributed by atoms with van der Waals surface area (Å²) in [4.78, 5) is 2.53. The van der Waals surface area contributed by atoms with Crippen molar-refractivity contribution in [2.24, 2.45) is 0 Å². The highest BCUT2D eigenvalue weighted by Crippen LogP contribution is 2.27. The van der Waals surface area contributed by atoms with Gasteiger partial charge in [-0.1, -0.05) is 0 Å². The predicted molar refractivity (Wildman–Crippen MR) is 36.3 cm³/mol. The third-order valence-electron chi connectivity index (χ3n) is 2.99.